The summed E-state index contributed by atoms with van der Waals surface area (Å²) >= 11 is 0. The van der Waals surface area contributed by atoms with Crippen molar-refractivity contribution in [2.75, 3.05) is 19.7 Å². The number of rotatable bonds is 6. The fraction of sp³-hybridized carbons (Fsp3) is 0.833. The largest absolute Gasteiger partial charge is 0.394 e. The summed E-state index contributed by atoms with van der Waals surface area (Å²) in [4.78, 5) is 2.37. The maximum atomic E-state index is 9.26. The Morgan fingerprint density at radius 2 is 2.33 bits per heavy atom. The van der Waals surface area contributed by atoms with Crippen LogP contribution >= 0.6 is 0 Å². The lowest BCUT2D eigenvalue weighted by molar-refractivity contribution is 0.163. The van der Waals surface area contributed by atoms with Gasteiger partial charge in [-0.25, -0.2) is 0 Å². The highest BCUT2D eigenvalue weighted by molar-refractivity contribution is 4.90. The van der Waals surface area contributed by atoms with Crippen LogP contribution in [-0.4, -0.2) is 50.0 Å². The van der Waals surface area contributed by atoms with Gasteiger partial charge < -0.3 is 15.4 Å². The Morgan fingerprint density at radius 3 is 3.06 bits per heavy atom. The molecule has 0 bridgehead atoms. The highest BCUT2D eigenvalue weighted by Crippen LogP contribution is 2.15. The molecule has 0 saturated carbocycles. The number of hydrogen-bond donors (Lipinski definition) is 2. The number of nitrogens with two attached hydrogens (primary N) is 1. The second-order valence-corrected chi connectivity index (χ2v) is 5.19. The molecule has 0 spiro atoms. The Bertz CT molecular complexity index is 374. The third-order valence-electron chi connectivity index (χ3n) is 3.89. The fourth-order valence-electron chi connectivity index (χ4n) is 2.33. The highest BCUT2D eigenvalue weighted by Gasteiger charge is 2.22. The van der Waals surface area contributed by atoms with Crippen molar-refractivity contribution in [3.05, 3.63) is 12.2 Å². The van der Waals surface area contributed by atoms with E-state index < -0.39 is 5.54 Å². The Hall–Kier alpha value is -0.980. The molecule has 0 aromatic carbocycles. The normalized spacial score (nSPS) is 19.5. The first kappa shape index (κ1) is 13.5. The molecule has 1 unspecified atom stereocenters. The van der Waals surface area contributed by atoms with Gasteiger partial charge in [0.25, 0.3) is 0 Å². The van der Waals surface area contributed by atoms with E-state index in [0.717, 1.165) is 51.3 Å². The van der Waals surface area contributed by atoms with Crippen molar-refractivity contribution in [1.29, 1.82) is 0 Å². The monoisotopic (exact) mass is 253 g/mol. The van der Waals surface area contributed by atoms with Gasteiger partial charge in [-0.05, 0) is 25.8 Å². The average Bonchev–Trinajstić information content (AvgIpc) is 2.86. The van der Waals surface area contributed by atoms with Crippen LogP contribution in [0.1, 0.15) is 32.0 Å². The topological polar surface area (TPSA) is 80.2 Å². The zero-order valence-electron chi connectivity index (χ0n) is 11.0. The number of hydrogen-bond acceptors (Lipinski definition) is 5. The number of aliphatic hydroxyl groups is 1. The molecule has 1 aromatic rings. The maximum Gasteiger partial charge on any atom is 0.147 e. The molecular formula is C12H23N5O. The summed E-state index contributed by atoms with van der Waals surface area (Å²) in [6.07, 6.45) is 4.49. The van der Waals surface area contributed by atoms with E-state index in [4.69, 9.17) is 5.73 Å². The van der Waals surface area contributed by atoms with Gasteiger partial charge in [0.05, 0.1) is 13.2 Å². The zero-order chi connectivity index (χ0) is 13.0. The minimum atomic E-state index is -0.407. The Morgan fingerprint density at radius 1 is 1.50 bits per heavy atom. The van der Waals surface area contributed by atoms with E-state index in [2.05, 4.69) is 19.7 Å². The minimum Gasteiger partial charge on any atom is -0.394 e. The maximum absolute atomic E-state index is 9.26. The highest BCUT2D eigenvalue weighted by atomic mass is 16.3. The number of fused-ring (bicyclic) bond motifs is 1. The summed E-state index contributed by atoms with van der Waals surface area (Å²) in [5, 5.41) is 17.3. The Labute approximate surface area is 108 Å². The summed E-state index contributed by atoms with van der Waals surface area (Å²) in [7, 11) is 0. The van der Waals surface area contributed by atoms with Crippen molar-refractivity contribution >= 4 is 0 Å². The Balaban J connectivity index is 1.76. The van der Waals surface area contributed by atoms with Gasteiger partial charge in [-0.3, -0.25) is 4.90 Å². The van der Waals surface area contributed by atoms with Gasteiger partial charge in [0.15, 0.2) is 0 Å². The van der Waals surface area contributed by atoms with Crippen LogP contribution < -0.4 is 5.73 Å². The molecule has 6 heteroatoms. The third kappa shape index (κ3) is 3.07. The van der Waals surface area contributed by atoms with Crippen molar-refractivity contribution in [1.82, 2.24) is 19.7 Å². The second kappa shape index (κ2) is 5.77. The fourth-order valence-corrected chi connectivity index (χ4v) is 2.33. The quantitative estimate of drug-likeness (QED) is 0.744. The first-order chi connectivity index (χ1) is 8.67. The van der Waals surface area contributed by atoms with Crippen LogP contribution in [-0.2, 0) is 13.1 Å². The first-order valence-corrected chi connectivity index (χ1v) is 6.65. The van der Waals surface area contributed by atoms with E-state index in [-0.39, 0.29) is 6.61 Å². The van der Waals surface area contributed by atoms with Crippen molar-refractivity contribution in [3.63, 3.8) is 0 Å². The van der Waals surface area contributed by atoms with Crippen LogP contribution in [0.15, 0.2) is 6.33 Å². The molecule has 1 atom stereocenters. The van der Waals surface area contributed by atoms with Gasteiger partial charge in [-0.2, -0.15) is 0 Å². The molecule has 0 fully saturated rings. The van der Waals surface area contributed by atoms with Crippen LogP contribution in [0.2, 0.25) is 0 Å². The molecule has 102 valence electrons. The predicted molar refractivity (Wildman–Crippen MR) is 68.8 cm³/mol. The summed E-state index contributed by atoms with van der Waals surface area (Å²) in [5.41, 5.74) is 5.67. The molecule has 2 heterocycles. The summed E-state index contributed by atoms with van der Waals surface area (Å²) in [5.74, 6) is 1.04. The summed E-state index contributed by atoms with van der Waals surface area (Å²) < 4.78 is 2.10. The molecule has 0 radical (unpaired) electrons. The van der Waals surface area contributed by atoms with Crippen molar-refractivity contribution < 1.29 is 5.11 Å². The van der Waals surface area contributed by atoms with E-state index in [1.165, 1.54) is 0 Å². The van der Waals surface area contributed by atoms with Crippen molar-refractivity contribution in [3.8, 4) is 0 Å². The lowest BCUT2D eigenvalue weighted by atomic mass is 9.92. The molecular weight excluding hydrogens is 230 g/mol. The molecule has 0 amide bonds. The van der Waals surface area contributed by atoms with Gasteiger partial charge in [0.1, 0.15) is 12.2 Å². The second-order valence-electron chi connectivity index (χ2n) is 5.19. The molecule has 1 aliphatic heterocycles. The van der Waals surface area contributed by atoms with E-state index in [9.17, 15) is 5.11 Å². The predicted octanol–water partition coefficient (Wildman–Crippen LogP) is -0.0263. The van der Waals surface area contributed by atoms with Crippen LogP contribution in [0.3, 0.4) is 0 Å². The van der Waals surface area contributed by atoms with E-state index >= 15 is 0 Å². The van der Waals surface area contributed by atoms with E-state index in [0.29, 0.717) is 0 Å². The van der Waals surface area contributed by atoms with E-state index in [1.807, 2.05) is 6.92 Å². The summed E-state index contributed by atoms with van der Waals surface area (Å²) in [6.45, 7) is 5.96. The van der Waals surface area contributed by atoms with Crippen molar-refractivity contribution in [2.45, 2.75) is 44.8 Å². The number of aromatic nitrogens is 3. The standard InChI is InChI=1S/C12H23N5O/c1-2-12(13,9-18)4-3-5-16-6-7-17-10-14-15-11(17)8-16/h10,18H,2-9,13H2,1H3. The number of aliphatic hydroxyl groups excluding tert-OH is 1. The first-order valence-electron chi connectivity index (χ1n) is 6.65. The molecule has 2 rings (SSSR count). The zero-order valence-corrected chi connectivity index (χ0v) is 11.0. The molecule has 0 aliphatic carbocycles. The summed E-state index contributed by atoms with van der Waals surface area (Å²) in [6, 6.07) is 0. The molecule has 6 nitrogen and oxygen atoms in total. The van der Waals surface area contributed by atoms with Gasteiger partial charge in [-0.1, -0.05) is 6.92 Å². The average molecular weight is 253 g/mol. The van der Waals surface area contributed by atoms with Crippen molar-refractivity contribution in [2.24, 2.45) is 5.73 Å². The molecule has 0 saturated heterocycles. The van der Waals surface area contributed by atoms with Gasteiger partial charge in [-0.15, -0.1) is 10.2 Å². The minimum absolute atomic E-state index is 0.0673. The Kier molecular flexibility index (Phi) is 4.31. The van der Waals surface area contributed by atoms with Crippen LogP contribution in [0.25, 0.3) is 0 Å². The lowest BCUT2D eigenvalue weighted by Crippen LogP contribution is -2.44. The van der Waals surface area contributed by atoms with E-state index in [1.54, 1.807) is 6.33 Å². The lowest BCUT2D eigenvalue weighted by Gasteiger charge is -2.29. The third-order valence-corrected chi connectivity index (χ3v) is 3.89. The smallest absolute Gasteiger partial charge is 0.147 e. The SMILES string of the molecule is CCC(N)(CO)CCCN1CCn2cnnc2C1. The van der Waals surface area contributed by atoms with Gasteiger partial charge in [0.2, 0.25) is 0 Å². The molecule has 1 aliphatic rings. The molecule has 3 N–H and O–H groups in total. The van der Waals surface area contributed by atoms with Gasteiger partial charge in [0, 0.05) is 18.6 Å². The van der Waals surface area contributed by atoms with Crippen LogP contribution in [0.5, 0.6) is 0 Å². The van der Waals surface area contributed by atoms with Crippen LogP contribution in [0, 0.1) is 0 Å². The molecule has 1 aromatic heterocycles. The van der Waals surface area contributed by atoms with Crippen LogP contribution in [0.4, 0.5) is 0 Å². The van der Waals surface area contributed by atoms with Gasteiger partial charge >= 0.3 is 0 Å². The molecule has 18 heavy (non-hydrogen) atoms. The number of nitrogens with zero attached hydrogens (tertiary/aromatic N) is 4.